The van der Waals surface area contributed by atoms with Crippen LogP contribution in [0.2, 0.25) is 0 Å². The summed E-state index contributed by atoms with van der Waals surface area (Å²) < 4.78 is 0. The average Bonchev–Trinajstić information content (AvgIpc) is 2.29. The first-order chi connectivity index (χ1) is 9.29. The molecule has 20 heavy (non-hydrogen) atoms. The summed E-state index contributed by atoms with van der Waals surface area (Å²) in [4.78, 5) is 16.9. The van der Waals surface area contributed by atoms with Gasteiger partial charge in [-0.1, -0.05) is 13.8 Å². The molecule has 0 spiro atoms. The second kappa shape index (κ2) is 7.19. The van der Waals surface area contributed by atoms with Crippen LogP contribution in [0.5, 0.6) is 0 Å². The zero-order valence-electron chi connectivity index (χ0n) is 12.9. The largest absolute Gasteiger partial charge is 0.366 e. The van der Waals surface area contributed by atoms with E-state index in [0.717, 1.165) is 13.0 Å². The molecule has 0 aliphatic rings. The van der Waals surface area contributed by atoms with Crippen molar-refractivity contribution >= 4 is 11.5 Å². The molecule has 1 rings (SSSR count). The van der Waals surface area contributed by atoms with Gasteiger partial charge in [0.05, 0.1) is 11.0 Å². The van der Waals surface area contributed by atoms with E-state index in [4.69, 9.17) is 0 Å². The highest BCUT2D eigenvalue weighted by Gasteiger charge is 2.16. The first-order valence-electron chi connectivity index (χ1n) is 6.82. The summed E-state index contributed by atoms with van der Waals surface area (Å²) in [5.74, 6) is 1.11. The second-order valence-corrected chi connectivity index (χ2v) is 5.85. The smallest absolute Gasteiger partial charge is 0.277 e. The van der Waals surface area contributed by atoms with E-state index in [0.29, 0.717) is 17.3 Å². The maximum absolute atomic E-state index is 11.0. The van der Waals surface area contributed by atoms with E-state index >= 15 is 0 Å². The molecule has 0 aromatic carbocycles. The average molecular weight is 280 g/mol. The van der Waals surface area contributed by atoms with Gasteiger partial charge in [-0.15, -0.1) is 0 Å². The number of anilines is 1. The lowest BCUT2D eigenvalue weighted by atomic mass is 10.0. The van der Waals surface area contributed by atoms with Gasteiger partial charge in [-0.3, -0.25) is 10.1 Å². The van der Waals surface area contributed by atoms with E-state index in [2.05, 4.69) is 29.0 Å². The van der Waals surface area contributed by atoms with Crippen LogP contribution in [-0.2, 0) is 0 Å². The minimum atomic E-state index is -0.369. The third kappa shape index (κ3) is 5.13. The van der Waals surface area contributed by atoms with Gasteiger partial charge in [-0.2, -0.15) is 0 Å². The molecule has 0 aliphatic heterocycles. The lowest BCUT2D eigenvalue weighted by molar-refractivity contribution is -0.385. The van der Waals surface area contributed by atoms with Crippen LogP contribution in [-0.4, -0.2) is 41.5 Å². The summed E-state index contributed by atoms with van der Waals surface area (Å²) in [5.41, 5.74) is 0.684. The van der Waals surface area contributed by atoms with Gasteiger partial charge < -0.3 is 10.2 Å². The van der Waals surface area contributed by atoms with Crippen LogP contribution >= 0.6 is 0 Å². The maximum Gasteiger partial charge on any atom is 0.277 e. The minimum Gasteiger partial charge on any atom is -0.366 e. The van der Waals surface area contributed by atoms with Gasteiger partial charge in [0, 0.05) is 24.3 Å². The van der Waals surface area contributed by atoms with Crippen molar-refractivity contribution in [1.29, 1.82) is 0 Å². The number of rotatable bonds is 7. The van der Waals surface area contributed by atoms with Gasteiger partial charge in [0.15, 0.2) is 0 Å². The molecule has 1 unspecified atom stereocenters. The molecular weight excluding hydrogens is 256 g/mol. The van der Waals surface area contributed by atoms with Crippen LogP contribution in [0, 0.1) is 23.0 Å². The van der Waals surface area contributed by atoms with E-state index in [1.165, 1.54) is 6.07 Å². The number of nitrogens with one attached hydrogen (secondary N) is 1. The molecule has 6 nitrogen and oxygen atoms in total. The number of aryl methyl sites for hydroxylation is 1. The van der Waals surface area contributed by atoms with E-state index in [1.54, 1.807) is 13.1 Å². The highest BCUT2D eigenvalue weighted by molar-refractivity contribution is 5.49. The predicted molar refractivity (Wildman–Crippen MR) is 81.0 cm³/mol. The van der Waals surface area contributed by atoms with Crippen molar-refractivity contribution in [3.05, 3.63) is 27.9 Å². The summed E-state index contributed by atoms with van der Waals surface area (Å²) >= 11 is 0. The predicted octanol–water partition coefficient (Wildman–Crippen LogP) is 2.69. The molecule has 0 fully saturated rings. The van der Waals surface area contributed by atoms with Crippen LogP contribution in [0.4, 0.5) is 11.5 Å². The number of hydrogen-bond donors (Lipinski definition) is 1. The van der Waals surface area contributed by atoms with Crippen molar-refractivity contribution in [2.75, 3.05) is 26.0 Å². The van der Waals surface area contributed by atoms with Crippen LogP contribution in [0.15, 0.2) is 12.3 Å². The van der Waals surface area contributed by atoms with Gasteiger partial charge in [-0.25, -0.2) is 4.98 Å². The minimum absolute atomic E-state index is 0.107. The van der Waals surface area contributed by atoms with Gasteiger partial charge in [-0.05, 0) is 33.4 Å². The van der Waals surface area contributed by atoms with Gasteiger partial charge in [0.2, 0.25) is 0 Å². The van der Waals surface area contributed by atoms with Crippen molar-refractivity contribution in [2.45, 2.75) is 33.2 Å². The summed E-state index contributed by atoms with van der Waals surface area (Å²) in [5, 5.41) is 14.3. The van der Waals surface area contributed by atoms with Crippen LogP contribution in [0.1, 0.15) is 25.8 Å². The number of pyridine rings is 1. The van der Waals surface area contributed by atoms with Crippen molar-refractivity contribution in [3.63, 3.8) is 0 Å². The van der Waals surface area contributed by atoms with Crippen molar-refractivity contribution in [2.24, 2.45) is 5.92 Å². The van der Waals surface area contributed by atoms with Crippen molar-refractivity contribution < 1.29 is 4.92 Å². The van der Waals surface area contributed by atoms with Crippen LogP contribution in [0.25, 0.3) is 0 Å². The Morgan fingerprint density at radius 3 is 2.60 bits per heavy atom. The first kappa shape index (κ1) is 16.4. The molecular formula is C14H24N4O2. The van der Waals surface area contributed by atoms with Crippen molar-refractivity contribution in [3.8, 4) is 0 Å². The molecule has 0 bridgehead atoms. The zero-order chi connectivity index (χ0) is 15.3. The summed E-state index contributed by atoms with van der Waals surface area (Å²) in [7, 11) is 4.03. The molecule has 112 valence electrons. The lowest BCUT2D eigenvalue weighted by Gasteiger charge is -2.24. The molecule has 1 N–H and O–H groups in total. The third-order valence-electron chi connectivity index (χ3n) is 2.96. The lowest BCUT2D eigenvalue weighted by Crippen LogP contribution is -2.33. The monoisotopic (exact) mass is 280 g/mol. The molecule has 1 heterocycles. The first-order valence-corrected chi connectivity index (χ1v) is 6.82. The van der Waals surface area contributed by atoms with E-state index < -0.39 is 0 Å². The summed E-state index contributed by atoms with van der Waals surface area (Å²) in [6.45, 7) is 6.88. The standard InChI is InChI=1S/C14H24N4O2/c1-10(2)6-12(9-17(4)5)16-14-7-13(18(19)20)11(3)8-15-14/h7-8,10,12H,6,9H2,1-5H3,(H,15,16). The molecule has 0 radical (unpaired) electrons. The Hall–Kier alpha value is -1.69. The Bertz CT molecular complexity index is 450. The Morgan fingerprint density at radius 2 is 2.10 bits per heavy atom. The Kier molecular flexibility index (Phi) is 5.88. The third-order valence-corrected chi connectivity index (χ3v) is 2.96. The Morgan fingerprint density at radius 1 is 1.45 bits per heavy atom. The summed E-state index contributed by atoms with van der Waals surface area (Å²) in [6.07, 6.45) is 2.53. The molecule has 6 heteroatoms. The highest BCUT2D eigenvalue weighted by atomic mass is 16.6. The number of nitro groups is 1. The number of likely N-dealkylation sites (N-methyl/N-ethyl adjacent to an activating group) is 1. The van der Waals surface area contributed by atoms with Crippen LogP contribution in [0.3, 0.4) is 0 Å². The molecule has 1 atom stereocenters. The quantitative estimate of drug-likeness (QED) is 0.614. The van der Waals surface area contributed by atoms with Gasteiger partial charge >= 0.3 is 0 Å². The second-order valence-electron chi connectivity index (χ2n) is 5.85. The van der Waals surface area contributed by atoms with E-state index in [-0.39, 0.29) is 16.7 Å². The number of hydrogen-bond acceptors (Lipinski definition) is 5. The molecule has 0 saturated heterocycles. The summed E-state index contributed by atoms with van der Waals surface area (Å²) in [6, 6.07) is 1.73. The molecule has 0 aliphatic carbocycles. The number of nitrogens with zero attached hydrogens (tertiary/aromatic N) is 3. The zero-order valence-corrected chi connectivity index (χ0v) is 12.9. The van der Waals surface area contributed by atoms with Crippen LogP contribution < -0.4 is 5.32 Å². The normalized spacial score (nSPS) is 12.8. The molecule has 0 saturated carbocycles. The maximum atomic E-state index is 11.0. The molecule has 1 aromatic rings. The van der Waals surface area contributed by atoms with E-state index in [9.17, 15) is 10.1 Å². The Labute approximate surface area is 120 Å². The fraction of sp³-hybridized carbons (Fsp3) is 0.643. The highest BCUT2D eigenvalue weighted by Crippen LogP contribution is 2.21. The molecule has 0 amide bonds. The van der Waals surface area contributed by atoms with Gasteiger partial charge in [0.1, 0.15) is 5.82 Å². The van der Waals surface area contributed by atoms with Gasteiger partial charge in [0.25, 0.3) is 5.69 Å². The fourth-order valence-electron chi connectivity index (χ4n) is 2.19. The molecule has 1 aromatic heterocycles. The fourth-order valence-corrected chi connectivity index (χ4v) is 2.19. The topological polar surface area (TPSA) is 71.3 Å². The Balaban J connectivity index is 2.87. The van der Waals surface area contributed by atoms with E-state index in [1.807, 2.05) is 14.1 Å². The van der Waals surface area contributed by atoms with Crippen molar-refractivity contribution in [1.82, 2.24) is 9.88 Å². The number of aromatic nitrogens is 1. The SMILES string of the molecule is Cc1cnc(NC(CC(C)C)CN(C)C)cc1[N+](=O)[O-].